The van der Waals surface area contributed by atoms with Gasteiger partial charge in [-0.2, -0.15) is 0 Å². The number of halogens is 1. The molecule has 0 aliphatic carbocycles. The zero-order chi connectivity index (χ0) is 14.1. The lowest BCUT2D eigenvalue weighted by Crippen LogP contribution is -2.26. The Bertz CT molecular complexity index is 413. The number of anilines is 1. The fourth-order valence-corrected chi connectivity index (χ4v) is 1.43. The first kappa shape index (κ1) is 15.4. The van der Waals surface area contributed by atoms with Gasteiger partial charge in [-0.05, 0) is 24.6 Å². The third kappa shape index (κ3) is 5.67. The molecule has 1 amide bonds. The van der Waals surface area contributed by atoms with Gasteiger partial charge in [0.1, 0.15) is 5.82 Å². The lowest BCUT2D eigenvalue weighted by Gasteiger charge is -2.07. The van der Waals surface area contributed by atoms with E-state index in [4.69, 9.17) is 15.2 Å². The Morgan fingerprint density at radius 1 is 1.37 bits per heavy atom. The van der Waals surface area contributed by atoms with E-state index in [-0.39, 0.29) is 5.56 Å². The van der Waals surface area contributed by atoms with E-state index in [9.17, 15) is 9.18 Å². The van der Waals surface area contributed by atoms with E-state index >= 15 is 0 Å². The topological polar surface area (TPSA) is 73.6 Å². The van der Waals surface area contributed by atoms with Gasteiger partial charge in [-0.1, -0.05) is 0 Å². The van der Waals surface area contributed by atoms with Crippen molar-refractivity contribution in [2.45, 2.75) is 6.42 Å². The van der Waals surface area contributed by atoms with Crippen molar-refractivity contribution in [3.05, 3.63) is 29.6 Å². The normalized spacial score (nSPS) is 10.4. The quantitative estimate of drug-likeness (QED) is 0.550. The summed E-state index contributed by atoms with van der Waals surface area (Å²) in [4.78, 5) is 11.7. The first-order valence-corrected chi connectivity index (χ1v) is 6.05. The van der Waals surface area contributed by atoms with Crippen molar-refractivity contribution in [1.82, 2.24) is 5.32 Å². The van der Waals surface area contributed by atoms with Gasteiger partial charge in [0.15, 0.2) is 0 Å². The molecule has 0 fully saturated rings. The van der Waals surface area contributed by atoms with Crippen molar-refractivity contribution >= 4 is 11.6 Å². The van der Waals surface area contributed by atoms with Crippen LogP contribution < -0.4 is 11.1 Å². The van der Waals surface area contributed by atoms with E-state index in [1.807, 2.05) is 0 Å². The lowest BCUT2D eigenvalue weighted by atomic mass is 10.1. The molecule has 1 aromatic rings. The summed E-state index contributed by atoms with van der Waals surface area (Å²) in [5.41, 5.74) is 5.82. The van der Waals surface area contributed by atoms with Crippen molar-refractivity contribution in [2.75, 3.05) is 39.2 Å². The Labute approximate surface area is 111 Å². The van der Waals surface area contributed by atoms with E-state index in [2.05, 4.69) is 5.32 Å². The number of nitrogen functional groups attached to an aromatic ring is 1. The fraction of sp³-hybridized carbons (Fsp3) is 0.462. The van der Waals surface area contributed by atoms with Crippen LogP contribution in [0.4, 0.5) is 10.1 Å². The van der Waals surface area contributed by atoms with Crippen LogP contribution in [0.15, 0.2) is 18.2 Å². The van der Waals surface area contributed by atoms with Crippen molar-refractivity contribution < 1.29 is 18.7 Å². The van der Waals surface area contributed by atoms with Crippen LogP contribution in [0.25, 0.3) is 0 Å². The van der Waals surface area contributed by atoms with Gasteiger partial charge >= 0.3 is 0 Å². The lowest BCUT2D eigenvalue weighted by molar-refractivity contribution is 0.0688. The molecule has 0 bridgehead atoms. The summed E-state index contributed by atoms with van der Waals surface area (Å²) in [6.07, 6.45) is 0.652. The third-order valence-electron chi connectivity index (χ3n) is 2.42. The fourth-order valence-electron chi connectivity index (χ4n) is 1.43. The maximum Gasteiger partial charge on any atom is 0.254 e. The van der Waals surface area contributed by atoms with Crippen molar-refractivity contribution in [3.63, 3.8) is 0 Å². The Hall–Kier alpha value is -1.66. The van der Waals surface area contributed by atoms with E-state index in [1.165, 1.54) is 18.2 Å². The number of ether oxygens (including phenoxy) is 2. The van der Waals surface area contributed by atoms with E-state index in [1.54, 1.807) is 7.11 Å². The number of benzene rings is 1. The highest BCUT2D eigenvalue weighted by Crippen LogP contribution is 2.11. The van der Waals surface area contributed by atoms with Crippen LogP contribution >= 0.6 is 0 Å². The summed E-state index contributed by atoms with van der Waals surface area (Å²) in [6, 6.07) is 3.91. The minimum absolute atomic E-state index is 0.0414. The number of hydrogen-bond donors (Lipinski definition) is 2. The number of nitrogens with two attached hydrogens (primary N) is 1. The second-order valence-corrected chi connectivity index (χ2v) is 3.95. The summed E-state index contributed by atoms with van der Waals surface area (Å²) in [7, 11) is 1.60. The molecule has 0 aliphatic heterocycles. The molecular weight excluding hydrogens is 251 g/mol. The molecular formula is C13H19FN2O3. The second kappa shape index (κ2) is 8.44. The zero-order valence-electron chi connectivity index (χ0n) is 10.9. The van der Waals surface area contributed by atoms with Gasteiger partial charge in [-0.15, -0.1) is 0 Å². The largest absolute Gasteiger partial charge is 0.399 e. The maximum absolute atomic E-state index is 13.4. The highest BCUT2D eigenvalue weighted by Gasteiger charge is 2.11. The van der Waals surface area contributed by atoms with Crippen LogP contribution in [-0.2, 0) is 9.47 Å². The minimum atomic E-state index is -0.581. The molecule has 1 rings (SSSR count). The van der Waals surface area contributed by atoms with Crippen LogP contribution in [0.3, 0.4) is 0 Å². The van der Waals surface area contributed by atoms with Crippen LogP contribution in [0, 0.1) is 5.82 Å². The van der Waals surface area contributed by atoms with Crippen molar-refractivity contribution in [1.29, 1.82) is 0 Å². The highest BCUT2D eigenvalue weighted by molar-refractivity contribution is 5.95. The van der Waals surface area contributed by atoms with Gasteiger partial charge < -0.3 is 20.5 Å². The van der Waals surface area contributed by atoms with Gasteiger partial charge in [0.05, 0.1) is 18.8 Å². The van der Waals surface area contributed by atoms with Crippen LogP contribution in [-0.4, -0.2) is 39.4 Å². The molecule has 0 saturated carbocycles. The first-order chi connectivity index (χ1) is 9.15. The van der Waals surface area contributed by atoms with Gasteiger partial charge in [-0.3, -0.25) is 4.79 Å². The Kier molecular flexibility index (Phi) is 6.84. The number of carbonyl (C=O) groups excluding carboxylic acids is 1. The SMILES string of the molecule is COCCOCCCNC(=O)c1cc(N)ccc1F. The van der Waals surface area contributed by atoms with Gasteiger partial charge in [-0.25, -0.2) is 4.39 Å². The maximum atomic E-state index is 13.4. The monoisotopic (exact) mass is 270 g/mol. The first-order valence-electron chi connectivity index (χ1n) is 6.05. The molecule has 0 spiro atoms. The zero-order valence-corrected chi connectivity index (χ0v) is 10.9. The molecule has 3 N–H and O–H groups in total. The summed E-state index contributed by atoms with van der Waals surface area (Å²) in [5.74, 6) is -1.05. The second-order valence-electron chi connectivity index (χ2n) is 3.95. The predicted molar refractivity (Wildman–Crippen MR) is 70.5 cm³/mol. The molecule has 19 heavy (non-hydrogen) atoms. The van der Waals surface area contributed by atoms with Crippen LogP contribution in [0.1, 0.15) is 16.8 Å². The number of rotatable bonds is 8. The molecule has 0 atom stereocenters. The van der Waals surface area contributed by atoms with Gasteiger partial charge in [0.25, 0.3) is 5.91 Å². The molecule has 6 heteroatoms. The summed E-state index contributed by atoms with van der Waals surface area (Å²) in [6.45, 7) is 2.00. The average molecular weight is 270 g/mol. The highest BCUT2D eigenvalue weighted by atomic mass is 19.1. The third-order valence-corrected chi connectivity index (χ3v) is 2.42. The number of carbonyl (C=O) groups is 1. The van der Waals surface area contributed by atoms with Crippen LogP contribution in [0.5, 0.6) is 0 Å². The van der Waals surface area contributed by atoms with E-state index < -0.39 is 11.7 Å². The molecule has 0 unspecified atom stereocenters. The van der Waals surface area contributed by atoms with E-state index in [0.717, 1.165) is 0 Å². The van der Waals surface area contributed by atoms with Gasteiger partial charge in [0.2, 0.25) is 0 Å². The Morgan fingerprint density at radius 2 is 2.16 bits per heavy atom. The summed E-state index contributed by atoms with van der Waals surface area (Å²) >= 11 is 0. The number of amides is 1. The molecule has 5 nitrogen and oxygen atoms in total. The number of methoxy groups -OCH3 is 1. The number of hydrogen-bond acceptors (Lipinski definition) is 4. The molecule has 0 saturated heterocycles. The molecule has 0 aliphatic rings. The molecule has 0 aromatic heterocycles. The molecule has 1 aromatic carbocycles. The van der Waals surface area contributed by atoms with Gasteiger partial charge in [0, 0.05) is 25.9 Å². The summed E-state index contributed by atoms with van der Waals surface area (Å²) < 4.78 is 23.4. The Balaban J connectivity index is 2.26. The summed E-state index contributed by atoms with van der Waals surface area (Å²) in [5, 5.41) is 2.61. The van der Waals surface area contributed by atoms with Crippen molar-refractivity contribution in [2.24, 2.45) is 0 Å². The molecule has 0 radical (unpaired) electrons. The smallest absolute Gasteiger partial charge is 0.254 e. The molecule has 0 heterocycles. The standard InChI is InChI=1S/C13H19FN2O3/c1-18-7-8-19-6-2-5-16-13(17)11-9-10(15)3-4-12(11)14/h3-4,9H,2,5-8,15H2,1H3,(H,16,17). The average Bonchev–Trinajstić information content (AvgIpc) is 2.40. The van der Waals surface area contributed by atoms with Crippen molar-refractivity contribution in [3.8, 4) is 0 Å². The van der Waals surface area contributed by atoms with E-state index in [0.29, 0.717) is 38.5 Å². The van der Waals surface area contributed by atoms with Crippen LogP contribution in [0.2, 0.25) is 0 Å². The number of nitrogens with one attached hydrogen (secondary N) is 1. The molecule has 106 valence electrons. The predicted octanol–water partition coefficient (Wildman–Crippen LogP) is 1.19. The minimum Gasteiger partial charge on any atom is -0.399 e. The Morgan fingerprint density at radius 3 is 2.89 bits per heavy atom.